The van der Waals surface area contributed by atoms with Crippen LogP contribution in [0.2, 0.25) is 0 Å². The highest BCUT2D eigenvalue weighted by Gasteiger charge is 2.17. The van der Waals surface area contributed by atoms with Gasteiger partial charge in [-0.25, -0.2) is 4.79 Å². The van der Waals surface area contributed by atoms with Gasteiger partial charge in [0.2, 0.25) is 0 Å². The van der Waals surface area contributed by atoms with E-state index in [1.807, 2.05) is 6.08 Å². The molecule has 18 heavy (non-hydrogen) atoms. The first-order valence-corrected chi connectivity index (χ1v) is 6.02. The number of carbonyl (C=O) groups excluding carboxylic acids is 2. The van der Waals surface area contributed by atoms with Crippen LogP contribution in [0.4, 0.5) is 4.79 Å². The number of hydrogen-bond donors (Lipinski definition) is 1. The third-order valence-corrected chi connectivity index (χ3v) is 2.61. The van der Waals surface area contributed by atoms with Crippen LogP contribution < -0.4 is 5.32 Å². The largest absolute Gasteiger partial charge is 0.465 e. The van der Waals surface area contributed by atoms with Crippen molar-refractivity contribution >= 4 is 12.0 Å². The fraction of sp³-hybridized carbons (Fsp3) is 0.667. The fourth-order valence-electron chi connectivity index (χ4n) is 1.68. The molecule has 1 aliphatic rings. The van der Waals surface area contributed by atoms with Crippen LogP contribution in [0.1, 0.15) is 13.3 Å². The van der Waals surface area contributed by atoms with Gasteiger partial charge in [-0.15, -0.1) is 0 Å². The Kier molecular flexibility index (Phi) is 6.21. The van der Waals surface area contributed by atoms with E-state index in [9.17, 15) is 9.59 Å². The smallest absolute Gasteiger partial charge is 0.325 e. The average molecular weight is 256 g/mol. The van der Waals surface area contributed by atoms with E-state index in [2.05, 4.69) is 5.32 Å². The summed E-state index contributed by atoms with van der Waals surface area (Å²) >= 11 is 0. The van der Waals surface area contributed by atoms with Crippen LogP contribution in [0.25, 0.3) is 0 Å². The van der Waals surface area contributed by atoms with Crippen molar-refractivity contribution in [2.45, 2.75) is 13.3 Å². The molecule has 0 fully saturated rings. The van der Waals surface area contributed by atoms with Gasteiger partial charge < -0.3 is 19.7 Å². The number of amides is 2. The van der Waals surface area contributed by atoms with Crippen LogP contribution in [0.3, 0.4) is 0 Å². The topological polar surface area (TPSA) is 67.9 Å². The molecule has 0 aromatic carbocycles. The third kappa shape index (κ3) is 4.75. The van der Waals surface area contributed by atoms with Gasteiger partial charge in [-0.05, 0) is 18.9 Å². The molecule has 0 saturated carbocycles. The molecule has 102 valence electrons. The minimum absolute atomic E-state index is 0.0855. The average Bonchev–Trinajstić information content (AvgIpc) is 2.37. The summed E-state index contributed by atoms with van der Waals surface area (Å²) in [6.45, 7) is 3.77. The van der Waals surface area contributed by atoms with Crippen LogP contribution >= 0.6 is 0 Å². The van der Waals surface area contributed by atoms with Gasteiger partial charge in [0, 0.05) is 20.2 Å². The van der Waals surface area contributed by atoms with Gasteiger partial charge in [0.1, 0.15) is 6.54 Å². The van der Waals surface area contributed by atoms with Gasteiger partial charge in [0.05, 0.1) is 13.2 Å². The number of urea groups is 1. The number of rotatable bonds is 5. The van der Waals surface area contributed by atoms with Gasteiger partial charge in [-0.2, -0.15) is 0 Å². The summed E-state index contributed by atoms with van der Waals surface area (Å²) in [7, 11) is 1.65. The lowest BCUT2D eigenvalue weighted by Crippen LogP contribution is -2.44. The first kappa shape index (κ1) is 14.5. The van der Waals surface area contributed by atoms with Crippen molar-refractivity contribution in [1.82, 2.24) is 10.2 Å². The Balaban J connectivity index is 2.30. The number of hydrogen-bond acceptors (Lipinski definition) is 4. The van der Waals surface area contributed by atoms with Crippen molar-refractivity contribution in [3.05, 3.63) is 11.6 Å². The highest BCUT2D eigenvalue weighted by Crippen LogP contribution is 2.10. The lowest BCUT2D eigenvalue weighted by molar-refractivity contribution is -0.141. The summed E-state index contributed by atoms with van der Waals surface area (Å²) in [5.41, 5.74) is 1.20. The molecule has 0 unspecified atom stereocenters. The second kappa shape index (κ2) is 7.71. The zero-order chi connectivity index (χ0) is 13.4. The molecular weight excluding hydrogens is 236 g/mol. The minimum Gasteiger partial charge on any atom is -0.465 e. The Hall–Kier alpha value is -1.56. The summed E-state index contributed by atoms with van der Waals surface area (Å²) in [6.07, 6.45) is 2.79. The molecule has 6 nitrogen and oxygen atoms in total. The van der Waals surface area contributed by atoms with Crippen molar-refractivity contribution in [1.29, 1.82) is 0 Å². The number of methoxy groups -OCH3 is 1. The number of nitrogens with zero attached hydrogens (tertiary/aromatic N) is 1. The molecular formula is C12H20N2O4. The van der Waals surface area contributed by atoms with Crippen LogP contribution in [0, 0.1) is 0 Å². The maximum Gasteiger partial charge on any atom is 0.325 e. The number of carbonyl (C=O) groups is 2. The molecule has 0 radical (unpaired) electrons. The predicted molar refractivity (Wildman–Crippen MR) is 66.2 cm³/mol. The molecule has 0 saturated heterocycles. The van der Waals surface area contributed by atoms with E-state index in [-0.39, 0.29) is 12.6 Å². The third-order valence-electron chi connectivity index (χ3n) is 2.61. The Morgan fingerprint density at radius 2 is 2.28 bits per heavy atom. The van der Waals surface area contributed by atoms with Gasteiger partial charge in [-0.3, -0.25) is 4.79 Å². The van der Waals surface area contributed by atoms with Crippen molar-refractivity contribution in [3.8, 4) is 0 Å². The van der Waals surface area contributed by atoms with Crippen LogP contribution in [-0.2, 0) is 14.3 Å². The van der Waals surface area contributed by atoms with Crippen molar-refractivity contribution in [2.75, 3.05) is 40.0 Å². The molecule has 0 aromatic heterocycles. The number of ether oxygens (including phenoxy) is 2. The highest BCUT2D eigenvalue weighted by atomic mass is 16.5. The number of nitrogens with one attached hydrogen (secondary N) is 1. The zero-order valence-electron chi connectivity index (χ0n) is 10.9. The molecule has 6 heteroatoms. The quantitative estimate of drug-likeness (QED) is 0.576. The van der Waals surface area contributed by atoms with Crippen molar-refractivity contribution < 1.29 is 19.1 Å². The SMILES string of the molecule is CCOC(=O)CNC(=O)N1CC=C(COC)CC1. The molecule has 0 aromatic rings. The van der Waals surface area contributed by atoms with Crippen LogP contribution in [0.5, 0.6) is 0 Å². The zero-order valence-corrected chi connectivity index (χ0v) is 10.9. The monoisotopic (exact) mass is 256 g/mol. The minimum atomic E-state index is -0.418. The second-order valence-electron chi connectivity index (χ2n) is 3.96. The molecule has 2 amide bonds. The summed E-state index contributed by atoms with van der Waals surface area (Å²) in [5, 5.41) is 2.54. The van der Waals surface area contributed by atoms with Crippen LogP contribution in [-0.4, -0.2) is 56.9 Å². The molecule has 0 aliphatic carbocycles. The Labute approximate surface area is 107 Å². The molecule has 1 N–H and O–H groups in total. The standard InChI is InChI=1S/C12H20N2O4/c1-3-18-11(15)8-13-12(16)14-6-4-10(5-7-14)9-17-2/h4H,3,5-9H2,1-2H3,(H,13,16). The summed E-state index contributed by atoms with van der Waals surface area (Å²) in [4.78, 5) is 24.5. The number of esters is 1. The van der Waals surface area contributed by atoms with E-state index in [1.54, 1.807) is 18.9 Å². The molecule has 1 rings (SSSR count). The molecule has 1 aliphatic heterocycles. The van der Waals surface area contributed by atoms with Crippen molar-refractivity contribution in [3.63, 3.8) is 0 Å². The van der Waals surface area contributed by atoms with E-state index in [1.165, 1.54) is 5.57 Å². The van der Waals surface area contributed by atoms with Gasteiger partial charge in [0.15, 0.2) is 0 Å². The van der Waals surface area contributed by atoms with Gasteiger partial charge in [-0.1, -0.05) is 6.08 Å². The highest BCUT2D eigenvalue weighted by molar-refractivity contribution is 5.81. The predicted octanol–water partition coefficient (Wildman–Crippen LogP) is 0.538. The molecule has 1 heterocycles. The maximum absolute atomic E-state index is 11.7. The normalized spacial score (nSPS) is 15.0. The van der Waals surface area contributed by atoms with Gasteiger partial charge >= 0.3 is 12.0 Å². The Morgan fingerprint density at radius 3 is 2.83 bits per heavy atom. The molecule has 0 spiro atoms. The van der Waals surface area contributed by atoms with Crippen molar-refractivity contribution in [2.24, 2.45) is 0 Å². The van der Waals surface area contributed by atoms with E-state index < -0.39 is 5.97 Å². The summed E-state index contributed by atoms with van der Waals surface area (Å²) in [6, 6.07) is -0.240. The lowest BCUT2D eigenvalue weighted by Gasteiger charge is -2.26. The summed E-state index contributed by atoms with van der Waals surface area (Å²) in [5.74, 6) is -0.418. The second-order valence-corrected chi connectivity index (χ2v) is 3.96. The Morgan fingerprint density at radius 1 is 1.50 bits per heavy atom. The molecule has 0 bridgehead atoms. The first-order chi connectivity index (χ1) is 8.67. The lowest BCUT2D eigenvalue weighted by atomic mass is 10.1. The van der Waals surface area contributed by atoms with E-state index >= 15 is 0 Å². The Bertz CT molecular complexity index is 328. The molecule has 0 atom stereocenters. The van der Waals surface area contributed by atoms with E-state index in [4.69, 9.17) is 9.47 Å². The maximum atomic E-state index is 11.7. The summed E-state index contributed by atoms with van der Waals surface area (Å²) < 4.78 is 9.76. The van der Waals surface area contributed by atoms with E-state index in [0.29, 0.717) is 26.3 Å². The van der Waals surface area contributed by atoms with Crippen LogP contribution in [0.15, 0.2) is 11.6 Å². The first-order valence-electron chi connectivity index (χ1n) is 6.02. The van der Waals surface area contributed by atoms with Gasteiger partial charge in [0.25, 0.3) is 0 Å². The fourth-order valence-corrected chi connectivity index (χ4v) is 1.68. The van der Waals surface area contributed by atoms with E-state index in [0.717, 1.165) is 6.42 Å².